The molecule has 5 aliphatic carbocycles. The summed E-state index contributed by atoms with van der Waals surface area (Å²) in [7, 11) is 1.18. The molecule has 0 radical (unpaired) electrons. The number of aliphatic carboxylic acids is 1. The Morgan fingerprint density at radius 2 is 1.57 bits per heavy atom. The van der Waals surface area contributed by atoms with Crippen LogP contribution in [0.5, 0.6) is 0 Å². The summed E-state index contributed by atoms with van der Waals surface area (Å²) in [5.74, 6) is 0.249. The van der Waals surface area contributed by atoms with Crippen LogP contribution < -0.4 is 0 Å². The number of esters is 1. The molecule has 5 fully saturated rings. The predicted molar refractivity (Wildman–Crippen MR) is 170 cm³/mol. The van der Waals surface area contributed by atoms with Gasteiger partial charge >= 0.3 is 11.9 Å². The minimum atomic E-state index is -1.62. The first kappa shape index (κ1) is 34.3. The maximum Gasteiger partial charge on any atom is 0.337 e. The summed E-state index contributed by atoms with van der Waals surface area (Å²) in [6, 6.07) is 0. The molecule has 1 heterocycles. The standard InChI is InChI=1S/C37H58O9/c1-19-11-16-37(32(42)43)18-17-35(6)21(25(37)20(19)2)9-10-23-34(5)14-13-24(33(3,4)22(34)12-15-36(23,35)7)45-31-28(40)26(38)27(39)29(46-31)30(41)44-8/h9,19-20,22-29,31,38-40H,10-18H2,1-8H3,(H,42,43)/t19-,20+,22+,23-,24+,25+,26?,27?,28?,29?,31?,34+,35-,36-,37+/m1/s1. The average molecular weight is 647 g/mol. The fourth-order valence-electron chi connectivity index (χ4n) is 12.5. The van der Waals surface area contributed by atoms with E-state index < -0.39 is 48.1 Å². The number of hydrogen-bond donors (Lipinski definition) is 4. The number of ether oxygens (including phenoxy) is 3. The Hall–Kier alpha value is -1.52. The van der Waals surface area contributed by atoms with E-state index in [2.05, 4.69) is 54.5 Å². The van der Waals surface area contributed by atoms with Gasteiger partial charge in [-0.05, 0) is 109 Å². The first-order valence-corrected chi connectivity index (χ1v) is 17.8. The molecule has 1 aliphatic heterocycles. The van der Waals surface area contributed by atoms with Crippen molar-refractivity contribution in [2.45, 2.75) is 143 Å². The Bertz CT molecular complexity index is 1260. The number of hydrogen-bond acceptors (Lipinski definition) is 8. The lowest BCUT2D eigenvalue weighted by Gasteiger charge is -2.71. The molecular formula is C37H58O9. The predicted octanol–water partition coefficient (Wildman–Crippen LogP) is 5.09. The van der Waals surface area contributed by atoms with E-state index in [4.69, 9.17) is 14.2 Å². The zero-order valence-corrected chi connectivity index (χ0v) is 29.1. The fraction of sp³-hybridized carbons (Fsp3) is 0.892. The van der Waals surface area contributed by atoms with Gasteiger partial charge in [0.2, 0.25) is 0 Å². The highest BCUT2D eigenvalue weighted by molar-refractivity contribution is 5.77. The van der Waals surface area contributed by atoms with Crippen LogP contribution in [0.1, 0.15) is 106 Å². The molecule has 5 unspecified atom stereocenters. The van der Waals surface area contributed by atoms with Gasteiger partial charge in [0.25, 0.3) is 0 Å². The van der Waals surface area contributed by atoms with Gasteiger partial charge < -0.3 is 34.6 Å². The number of aliphatic hydroxyl groups is 3. The summed E-state index contributed by atoms with van der Waals surface area (Å²) < 4.78 is 17.0. The maximum atomic E-state index is 13.0. The van der Waals surface area contributed by atoms with Gasteiger partial charge in [0.15, 0.2) is 12.4 Å². The van der Waals surface area contributed by atoms with Crippen LogP contribution >= 0.6 is 0 Å². The molecule has 0 bridgehead atoms. The maximum absolute atomic E-state index is 13.0. The zero-order chi connectivity index (χ0) is 33.8. The molecule has 0 spiro atoms. The highest BCUT2D eigenvalue weighted by atomic mass is 16.7. The molecule has 4 saturated carbocycles. The number of carboxylic acid groups (broad SMARTS) is 1. The van der Waals surface area contributed by atoms with Crippen LogP contribution in [-0.4, -0.2) is 76.3 Å². The van der Waals surface area contributed by atoms with E-state index in [9.17, 15) is 30.0 Å². The molecule has 4 N–H and O–H groups in total. The van der Waals surface area contributed by atoms with Crippen LogP contribution in [0.2, 0.25) is 0 Å². The molecular weight excluding hydrogens is 588 g/mol. The van der Waals surface area contributed by atoms with Crippen molar-refractivity contribution in [3.63, 3.8) is 0 Å². The van der Waals surface area contributed by atoms with Crippen LogP contribution in [0.15, 0.2) is 11.6 Å². The van der Waals surface area contributed by atoms with Gasteiger partial charge in [-0.1, -0.05) is 60.1 Å². The third-order valence-corrected chi connectivity index (χ3v) is 15.7. The number of carboxylic acids is 1. The van der Waals surface area contributed by atoms with Crippen molar-refractivity contribution in [1.29, 1.82) is 0 Å². The van der Waals surface area contributed by atoms with Crippen LogP contribution in [-0.2, 0) is 23.8 Å². The van der Waals surface area contributed by atoms with Crippen molar-refractivity contribution in [2.24, 2.45) is 56.7 Å². The van der Waals surface area contributed by atoms with Crippen LogP contribution in [0.25, 0.3) is 0 Å². The topological polar surface area (TPSA) is 143 Å². The normalized spacial score (nSPS) is 53.0. The largest absolute Gasteiger partial charge is 0.481 e. The Morgan fingerprint density at radius 3 is 2.22 bits per heavy atom. The minimum Gasteiger partial charge on any atom is -0.481 e. The molecule has 0 aromatic rings. The molecule has 15 atom stereocenters. The summed E-state index contributed by atoms with van der Waals surface area (Å²) in [5, 5.41) is 42.4. The van der Waals surface area contributed by atoms with Crippen molar-refractivity contribution in [3.8, 4) is 0 Å². The van der Waals surface area contributed by atoms with Crippen molar-refractivity contribution < 1.29 is 44.2 Å². The zero-order valence-electron chi connectivity index (χ0n) is 29.1. The second kappa shape index (κ2) is 11.3. The summed E-state index contributed by atoms with van der Waals surface area (Å²) >= 11 is 0. The summed E-state index contributed by atoms with van der Waals surface area (Å²) in [6.45, 7) is 16.5. The average Bonchev–Trinajstić information content (AvgIpc) is 3.00. The first-order chi connectivity index (χ1) is 21.4. The van der Waals surface area contributed by atoms with Gasteiger partial charge in [-0.3, -0.25) is 4.79 Å². The van der Waals surface area contributed by atoms with Crippen LogP contribution in [0.4, 0.5) is 0 Å². The molecule has 1 saturated heterocycles. The molecule has 260 valence electrons. The third-order valence-electron chi connectivity index (χ3n) is 15.7. The van der Waals surface area contributed by atoms with Crippen molar-refractivity contribution in [3.05, 3.63) is 11.6 Å². The molecule has 9 nitrogen and oxygen atoms in total. The summed E-state index contributed by atoms with van der Waals surface area (Å²) in [6.07, 6.45) is 2.84. The molecule has 9 heteroatoms. The van der Waals surface area contributed by atoms with Crippen LogP contribution in [0.3, 0.4) is 0 Å². The van der Waals surface area contributed by atoms with Gasteiger partial charge in [0.1, 0.15) is 18.3 Å². The smallest absolute Gasteiger partial charge is 0.337 e. The lowest BCUT2D eigenvalue weighted by molar-refractivity contribution is -0.324. The molecule has 46 heavy (non-hydrogen) atoms. The van der Waals surface area contributed by atoms with Gasteiger partial charge in [-0.25, -0.2) is 4.79 Å². The van der Waals surface area contributed by atoms with E-state index in [1.807, 2.05) is 0 Å². The molecule has 0 aromatic heterocycles. The monoisotopic (exact) mass is 646 g/mol. The Morgan fingerprint density at radius 1 is 0.870 bits per heavy atom. The Balaban J connectivity index is 1.29. The lowest BCUT2D eigenvalue weighted by atomic mass is 9.33. The third kappa shape index (κ3) is 4.50. The minimum absolute atomic E-state index is 0.0184. The SMILES string of the molecule is COC(=O)C1OC(O[C@H]2CC[C@]3(C)[C@H]4CC=C5[C@@H]6[C@@H](C)[C@H](C)CC[C@]6(C(=O)O)CC[C@@]5(C)[C@]4(C)CC[C@H]3C2(C)C)C(O)C(O)C1O. The van der Waals surface area contributed by atoms with Gasteiger partial charge in [0.05, 0.1) is 18.6 Å². The fourth-order valence-corrected chi connectivity index (χ4v) is 12.5. The van der Waals surface area contributed by atoms with Gasteiger partial charge in [-0.15, -0.1) is 0 Å². The quantitative estimate of drug-likeness (QED) is 0.187. The number of carbonyl (C=O) groups excluding carboxylic acids is 1. The second-order valence-electron chi connectivity index (χ2n) is 17.5. The molecule has 6 rings (SSSR count). The number of allylic oxidation sites excluding steroid dienone is 2. The van der Waals surface area contributed by atoms with E-state index in [1.54, 1.807) is 0 Å². The van der Waals surface area contributed by atoms with Gasteiger partial charge in [0, 0.05) is 0 Å². The number of carbonyl (C=O) groups is 2. The summed E-state index contributed by atoms with van der Waals surface area (Å²) in [5.41, 5.74) is 0.472. The first-order valence-electron chi connectivity index (χ1n) is 17.8. The van der Waals surface area contributed by atoms with Crippen LogP contribution in [0, 0.1) is 56.7 Å². The lowest BCUT2D eigenvalue weighted by Crippen LogP contribution is -2.66. The number of rotatable bonds is 4. The van der Waals surface area contributed by atoms with Crippen molar-refractivity contribution in [1.82, 2.24) is 0 Å². The number of fused-ring (bicyclic) bond motifs is 7. The second-order valence-corrected chi connectivity index (χ2v) is 17.5. The molecule has 6 aliphatic rings. The van der Waals surface area contributed by atoms with E-state index in [0.717, 1.165) is 57.8 Å². The summed E-state index contributed by atoms with van der Waals surface area (Å²) in [4.78, 5) is 25.3. The molecule has 0 aromatic carbocycles. The van der Waals surface area contributed by atoms with Crippen molar-refractivity contribution in [2.75, 3.05) is 7.11 Å². The Kier molecular flexibility index (Phi) is 8.41. The molecule has 0 amide bonds. The highest BCUT2D eigenvalue weighted by Crippen LogP contribution is 2.76. The van der Waals surface area contributed by atoms with Crippen molar-refractivity contribution >= 4 is 11.9 Å². The van der Waals surface area contributed by atoms with E-state index in [0.29, 0.717) is 23.7 Å². The van der Waals surface area contributed by atoms with E-state index in [1.165, 1.54) is 12.7 Å². The highest BCUT2D eigenvalue weighted by Gasteiger charge is 2.70. The van der Waals surface area contributed by atoms with Gasteiger partial charge in [-0.2, -0.15) is 0 Å². The van der Waals surface area contributed by atoms with E-state index in [-0.39, 0.29) is 33.7 Å². The van der Waals surface area contributed by atoms with E-state index >= 15 is 0 Å². The Labute approximate surface area is 274 Å². The number of methoxy groups -OCH3 is 1. The number of aliphatic hydroxyl groups excluding tert-OH is 3.